The average Bonchev–Trinajstić information content (AvgIpc) is 3.38. The van der Waals surface area contributed by atoms with Crippen LogP contribution in [0.3, 0.4) is 0 Å². The monoisotopic (exact) mass is 398 g/mol. The van der Waals surface area contributed by atoms with Crippen LogP contribution in [0, 0.1) is 6.92 Å². The van der Waals surface area contributed by atoms with Gasteiger partial charge in [-0.1, -0.05) is 12.1 Å². The number of furan rings is 1. The van der Waals surface area contributed by atoms with Gasteiger partial charge in [-0.05, 0) is 70.5 Å². The highest BCUT2D eigenvalue weighted by atomic mass is 16.5. The molecule has 6 heteroatoms. The molecule has 1 atom stereocenters. The highest BCUT2D eigenvalue weighted by Gasteiger charge is 2.26. The lowest BCUT2D eigenvalue weighted by Gasteiger charge is -2.26. The molecule has 2 aromatic rings. The third-order valence-corrected chi connectivity index (χ3v) is 5.22. The number of aryl methyl sites for hydroxylation is 1. The molecule has 1 fully saturated rings. The molecule has 1 aliphatic rings. The van der Waals surface area contributed by atoms with Crippen LogP contribution in [0.15, 0.2) is 40.8 Å². The normalized spacial score (nSPS) is 15.2. The van der Waals surface area contributed by atoms with Crippen molar-refractivity contribution in [2.45, 2.75) is 45.6 Å². The number of Topliss-reactive ketones (excluding diaryl/α,β-unsaturated/α-hetero) is 1. The molecule has 0 radical (unpaired) electrons. The standard InChI is InChI=1S/C23H30N2O4/c1-17-10-11-22(29-17)21(25-12-3-4-13-25)16-24-23(27)9-6-14-28-20-8-5-7-19(15-20)18(2)26/h5,7-8,10-11,15,21H,3-4,6,9,12-14,16H2,1-2H3,(H,24,27). The van der Waals surface area contributed by atoms with E-state index in [0.29, 0.717) is 37.3 Å². The Bertz CT molecular complexity index is 824. The second-order valence-corrected chi connectivity index (χ2v) is 7.55. The fraction of sp³-hybridized carbons (Fsp3) is 0.478. The van der Waals surface area contributed by atoms with Crippen LogP contribution in [0.5, 0.6) is 5.75 Å². The summed E-state index contributed by atoms with van der Waals surface area (Å²) in [6.45, 7) is 6.52. The molecule has 1 saturated heterocycles. The zero-order valence-electron chi connectivity index (χ0n) is 17.3. The Labute approximate surface area is 172 Å². The molecule has 3 rings (SSSR count). The van der Waals surface area contributed by atoms with Crippen LogP contribution in [0.2, 0.25) is 0 Å². The van der Waals surface area contributed by atoms with E-state index in [1.165, 1.54) is 19.8 Å². The zero-order valence-corrected chi connectivity index (χ0v) is 17.3. The number of carbonyl (C=O) groups excluding carboxylic acids is 2. The maximum absolute atomic E-state index is 12.3. The van der Waals surface area contributed by atoms with Crippen LogP contribution in [0.25, 0.3) is 0 Å². The molecule has 2 heterocycles. The van der Waals surface area contributed by atoms with E-state index >= 15 is 0 Å². The number of hydrogen-bond donors (Lipinski definition) is 1. The van der Waals surface area contributed by atoms with Gasteiger partial charge in [-0.2, -0.15) is 0 Å². The minimum Gasteiger partial charge on any atom is -0.494 e. The van der Waals surface area contributed by atoms with E-state index in [1.54, 1.807) is 18.2 Å². The van der Waals surface area contributed by atoms with Gasteiger partial charge in [0.2, 0.25) is 5.91 Å². The molecule has 1 unspecified atom stereocenters. The van der Waals surface area contributed by atoms with Gasteiger partial charge < -0.3 is 14.5 Å². The first-order valence-electron chi connectivity index (χ1n) is 10.3. The number of likely N-dealkylation sites (tertiary alicyclic amines) is 1. The lowest BCUT2D eigenvalue weighted by molar-refractivity contribution is -0.121. The van der Waals surface area contributed by atoms with Crippen molar-refractivity contribution in [1.82, 2.24) is 10.2 Å². The molecule has 1 N–H and O–H groups in total. The van der Waals surface area contributed by atoms with Gasteiger partial charge in [0.1, 0.15) is 17.3 Å². The van der Waals surface area contributed by atoms with E-state index in [2.05, 4.69) is 10.2 Å². The number of nitrogens with one attached hydrogen (secondary N) is 1. The molecule has 1 aromatic heterocycles. The summed E-state index contributed by atoms with van der Waals surface area (Å²) in [4.78, 5) is 26.1. The summed E-state index contributed by atoms with van der Waals surface area (Å²) < 4.78 is 11.5. The number of nitrogens with zero attached hydrogens (tertiary/aromatic N) is 1. The van der Waals surface area contributed by atoms with Crippen molar-refractivity contribution in [2.24, 2.45) is 0 Å². The second-order valence-electron chi connectivity index (χ2n) is 7.55. The molecular formula is C23H30N2O4. The first-order chi connectivity index (χ1) is 14.0. The second kappa shape index (κ2) is 10.3. The zero-order chi connectivity index (χ0) is 20.6. The third-order valence-electron chi connectivity index (χ3n) is 5.22. The summed E-state index contributed by atoms with van der Waals surface area (Å²) in [6, 6.07) is 11.2. The van der Waals surface area contributed by atoms with Gasteiger partial charge in [0.25, 0.3) is 0 Å². The molecule has 1 aromatic carbocycles. The van der Waals surface area contributed by atoms with Crippen molar-refractivity contribution in [3.8, 4) is 5.75 Å². The van der Waals surface area contributed by atoms with Gasteiger partial charge in [0.05, 0.1) is 12.6 Å². The van der Waals surface area contributed by atoms with Crippen LogP contribution in [-0.2, 0) is 4.79 Å². The third kappa shape index (κ3) is 6.19. The molecule has 0 aliphatic carbocycles. The molecule has 156 valence electrons. The molecule has 6 nitrogen and oxygen atoms in total. The fourth-order valence-electron chi connectivity index (χ4n) is 3.62. The van der Waals surface area contributed by atoms with Crippen molar-refractivity contribution in [2.75, 3.05) is 26.2 Å². The van der Waals surface area contributed by atoms with Crippen LogP contribution < -0.4 is 10.1 Å². The predicted molar refractivity (Wildman–Crippen MR) is 111 cm³/mol. The predicted octanol–water partition coefficient (Wildman–Crippen LogP) is 3.90. The maximum Gasteiger partial charge on any atom is 0.220 e. The molecular weight excluding hydrogens is 368 g/mol. The van der Waals surface area contributed by atoms with Gasteiger partial charge in [0.15, 0.2) is 5.78 Å². The SMILES string of the molecule is CC(=O)c1cccc(OCCCC(=O)NCC(c2ccc(C)o2)N2CCCC2)c1. The van der Waals surface area contributed by atoms with E-state index in [-0.39, 0.29) is 17.7 Å². The topological polar surface area (TPSA) is 71.8 Å². The smallest absolute Gasteiger partial charge is 0.220 e. The number of benzene rings is 1. The minimum absolute atomic E-state index is 0.00846. The fourth-order valence-corrected chi connectivity index (χ4v) is 3.62. The van der Waals surface area contributed by atoms with Crippen molar-refractivity contribution in [3.63, 3.8) is 0 Å². The Kier molecular flexibility index (Phi) is 7.47. The van der Waals surface area contributed by atoms with Crippen molar-refractivity contribution in [1.29, 1.82) is 0 Å². The van der Waals surface area contributed by atoms with Crippen LogP contribution in [-0.4, -0.2) is 42.8 Å². The van der Waals surface area contributed by atoms with E-state index in [4.69, 9.17) is 9.15 Å². The molecule has 0 spiro atoms. The molecule has 1 amide bonds. The summed E-state index contributed by atoms with van der Waals surface area (Å²) in [5.74, 6) is 2.48. The Morgan fingerprint density at radius 1 is 1.21 bits per heavy atom. The summed E-state index contributed by atoms with van der Waals surface area (Å²) in [6.07, 6.45) is 3.39. The number of hydrogen-bond acceptors (Lipinski definition) is 5. The Balaban J connectivity index is 1.42. The quantitative estimate of drug-likeness (QED) is 0.485. The Morgan fingerprint density at radius 3 is 2.69 bits per heavy atom. The van der Waals surface area contributed by atoms with Crippen LogP contribution in [0.1, 0.15) is 60.5 Å². The summed E-state index contributed by atoms with van der Waals surface area (Å²) in [7, 11) is 0. The largest absolute Gasteiger partial charge is 0.494 e. The van der Waals surface area contributed by atoms with Crippen molar-refractivity contribution in [3.05, 3.63) is 53.5 Å². The summed E-state index contributed by atoms with van der Waals surface area (Å²) >= 11 is 0. The van der Waals surface area contributed by atoms with Gasteiger partial charge in [-0.3, -0.25) is 14.5 Å². The maximum atomic E-state index is 12.3. The highest BCUT2D eigenvalue weighted by molar-refractivity contribution is 5.94. The van der Waals surface area contributed by atoms with Crippen molar-refractivity contribution < 1.29 is 18.7 Å². The molecule has 0 saturated carbocycles. The first kappa shape index (κ1) is 21.1. The first-order valence-corrected chi connectivity index (χ1v) is 10.3. The van der Waals surface area contributed by atoms with Gasteiger partial charge in [-0.15, -0.1) is 0 Å². The lowest BCUT2D eigenvalue weighted by atomic mass is 10.1. The van der Waals surface area contributed by atoms with E-state index < -0.39 is 0 Å². The van der Waals surface area contributed by atoms with Gasteiger partial charge in [-0.25, -0.2) is 0 Å². The van der Waals surface area contributed by atoms with E-state index in [1.807, 2.05) is 25.1 Å². The van der Waals surface area contributed by atoms with Gasteiger partial charge >= 0.3 is 0 Å². The van der Waals surface area contributed by atoms with E-state index in [0.717, 1.165) is 24.6 Å². The number of ketones is 1. The van der Waals surface area contributed by atoms with E-state index in [9.17, 15) is 9.59 Å². The minimum atomic E-state index is 0.00846. The molecule has 29 heavy (non-hydrogen) atoms. The Morgan fingerprint density at radius 2 is 2.00 bits per heavy atom. The van der Waals surface area contributed by atoms with Crippen LogP contribution in [0.4, 0.5) is 0 Å². The van der Waals surface area contributed by atoms with Crippen molar-refractivity contribution >= 4 is 11.7 Å². The summed E-state index contributed by atoms with van der Waals surface area (Å²) in [5.41, 5.74) is 0.626. The molecule has 0 bridgehead atoms. The summed E-state index contributed by atoms with van der Waals surface area (Å²) in [5, 5.41) is 3.05. The number of carbonyl (C=O) groups is 2. The van der Waals surface area contributed by atoms with Crippen LogP contribution >= 0.6 is 0 Å². The van der Waals surface area contributed by atoms with Gasteiger partial charge in [0, 0.05) is 18.5 Å². The molecule has 1 aliphatic heterocycles. The number of rotatable bonds is 10. The highest BCUT2D eigenvalue weighted by Crippen LogP contribution is 2.26. The Hall–Kier alpha value is -2.60. The average molecular weight is 399 g/mol. The number of ether oxygens (including phenoxy) is 1. The number of amides is 1. The lowest BCUT2D eigenvalue weighted by Crippen LogP contribution is -2.36.